The summed E-state index contributed by atoms with van der Waals surface area (Å²) in [5.41, 5.74) is 1.03. The number of methoxy groups -OCH3 is 1. The Kier molecular flexibility index (Phi) is 8.12. The maximum atomic E-state index is 12.1. The molecule has 1 aromatic rings. The van der Waals surface area contributed by atoms with Crippen molar-refractivity contribution in [2.24, 2.45) is 5.92 Å². The van der Waals surface area contributed by atoms with Crippen molar-refractivity contribution in [3.05, 3.63) is 29.8 Å². The number of likely N-dealkylation sites (tertiary alicyclic amines) is 1. The molecule has 1 saturated heterocycles. The number of benzene rings is 1. The SMILES string of the molecule is COc1cccc(CNC(=O)CC[C@H]2CCCN(C(=O)CSC)C2)c1. The van der Waals surface area contributed by atoms with E-state index in [0.717, 1.165) is 43.7 Å². The van der Waals surface area contributed by atoms with Gasteiger partial charge >= 0.3 is 0 Å². The maximum absolute atomic E-state index is 12.1. The molecule has 1 atom stereocenters. The number of nitrogens with one attached hydrogen (secondary N) is 1. The normalized spacial score (nSPS) is 17.2. The zero-order valence-corrected chi connectivity index (χ0v) is 15.9. The lowest BCUT2D eigenvalue weighted by Crippen LogP contribution is -2.41. The first-order valence-corrected chi connectivity index (χ1v) is 10.2. The van der Waals surface area contributed by atoms with Crippen LogP contribution >= 0.6 is 11.8 Å². The van der Waals surface area contributed by atoms with Crippen LogP contribution in [-0.2, 0) is 16.1 Å². The fourth-order valence-electron chi connectivity index (χ4n) is 3.15. The molecule has 0 unspecified atom stereocenters. The number of thioether (sulfide) groups is 1. The second-order valence-electron chi connectivity index (χ2n) is 6.45. The molecule has 0 saturated carbocycles. The first-order chi connectivity index (χ1) is 12.1. The topological polar surface area (TPSA) is 58.6 Å². The summed E-state index contributed by atoms with van der Waals surface area (Å²) in [6, 6.07) is 7.71. The molecular weight excluding hydrogens is 336 g/mol. The zero-order valence-electron chi connectivity index (χ0n) is 15.1. The second kappa shape index (κ2) is 10.3. The van der Waals surface area contributed by atoms with Crippen LogP contribution < -0.4 is 10.1 Å². The predicted octanol–water partition coefficient (Wildman–Crippen LogP) is 2.69. The van der Waals surface area contributed by atoms with Crippen molar-refractivity contribution in [2.75, 3.05) is 32.2 Å². The van der Waals surface area contributed by atoms with Gasteiger partial charge in [0, 0.05) is 26.1 Å². The summed E-state index contributed by atoms with van der Waals surface area (Å²) in [6.07, 6.45) is 5.45. The van der Waals surface area contributed by atoms with Crippen molar-refractivity contribution >= 4 is 23.6 Å². The van der Waals surface area contributed by atoms with Crippen LogP contribution in [0.4, 0.5) is 0 Å². The van der Waals surface area contributed by atoms with E-state index in [1.54, 1.807) is 18.9 Å². The van der Waals surface area contributed by atoms with E-state index in [-0.39, 0.29) is 11.8 Å². The molecule has 0 bridgehead atoms. The summed E-state index contributed by atoms with van der Waals surface area (Å²) in [6.45, 7) is 2.17. The van der Waals surface area contributed by atoms with Gasteiger partial charge < -0.3 is 15.0 Å². The molecular formula is C19H28N2O3S. The van der Waals surface area contributed by atoms with Crippen LogP contribution in [0.15, 0.2) is 24.3 Å². The summed E-state index contributed by atoms with van der Waals surface area (Å²) in [4.78, 5) is 26.1. The molecule has 6 heteroatoms. The minimum absolute atomic E-state index is 0.0652. The number of ether oxygens (including phenoxy) is 1. The molecule has 0 radical (unpaired) electrons. The zero-order chi connectivity index (χ0) is 18.1. The summed E-state index contributed by atoms with van der Waals surface area (Å²) in [7, 11) is 1.63. The Morgan fingerprint density at radius 1 is 1.40 bits per heavy atom. The molecule has 0 aromatic heterocycles. The lowest BCUT2D eigenvalue weighted by molar-refractivity contribution is -0.130. The van der Waals surface area contributed by atoms with Gasteiger partial charge in [-0.15, -0.1) is 0 Å². The Balaban J connectivity index is 1.71. The highest BCUT2D eigenvalue weighted by atomic mass is 32.2. The Labute approximate surface area is 154 Å². The molecule has 1 aliphatic heterocycles. The van der Waals surface area contributed by atoms with Crippen LogP contribution in [0.5, 0.6) is 5.75 Å². The Hall–Kier alpha value is -1.69. The third kappa shape index (κ3) is 6.61. The van der Waals surface area contributed by atoms with Crippen LogP contribution in [0.1, 0.15) is 31.2 Å². The third-order valence-electron chi connectivity index (χ3n) is 4.54. The van der Waals surface area contributed by atoms with Gasteiger partial charge in [0.15, 0.2) is 0 Å². The van der Waals surface area contributed by atoms with Crippen molar-refractivity contribution in [1.29, 1.82) is 0 Å². The predicted molar refractivity (Wildman–Crippen MR) is 102 cm³/mol. The van der Waals surface area contributed by atoms with Crippen LogP contribution in [-0.4, -0.2) is 48.9 Å². The van der Waals surface area contributed by atoms with Crippen molar-refractivity contribution < 1.29 is 14.3 Å². The van der Waals surface area contributed by atoms with E-state index >= 15 is 0 Å². The van der Waals surface area contributed by atoms with Gasteiger partial charge in [0.05, 0.1) is 12.9 Å². The molecule has 5 nitrogen and oxygen atoms in total. The highest BCUT2D eigenvalue weighted by molar-refractivity contribution is 7.99. The maximum Gasteiger partial charge on any atom is 0.232 e. The van der Waals surface area contributed by atoms with Gasteiger partial charge in [-0.3, -0.25) is 9.59 Å². The number of nitrogens with zero attached hydrogens (tertiary/aromatic N) is 1. The van der Waals surface area contributed by atoms with Gasteiger partial charge in [0.25, 0.3) is 0 Å². The Morgan fingerprint density at radius 2 is 2.24 bits per heavy atom. The van der Waals surface area contributed by atoms with Crippen LogP contribution in [0, 0.1) is 5.92 Å². The highest BCUT2D eigenvalue weighted by Crippen LogP contribution is 2.21. The fourth-order valence-corrected chi connectivity index (χ4v) is 3.58. The lowest BCUT2D eigenvalue weighted by Gasteiger charge is -2.32. The lowest BCUT2D eigenvalue weighted by atomic mass is 9.93. The van der Waals surface area contributed by atoms with E-state index < -0.39 is 0 Å². The van der Waals surface area contributed by atoms with Crippen molar-refractivity contribution in [3.8, 4) is 5.75 Å². The largest absolute Gasteiger partial charge is 0.497 e. The Morgan fingerprint density at radius 3 is 3.00 bits per heavy atom. The molecule has 0 spiro atoms. The highest BCUT2D eigenvalue weighted by Gasteiger charge is 2.23. The van der Waals surface area contributed by atoms with Gasteiger partial charge in [-0.05, 0) is 49.1 Å². The van der Waals surface area contributed by atoms with E-state index in [0.29, 0.717) is 24.6 Å². The number of carbonyl (C=O) groups excluding carboxylic acids is 2. The number of hydrogen-bond acceptors (Lipinski definition) is 4. The monoisotopic (exact) mass is 364 g/mol. The quantitative estimate of drug-likeness (QED) is 0.770. The molecule has 2 rings (SSSR count). The minimum Gasteiger partial charge on any atom is -0.497 e. The molecule has 25 heavy (non-hydrogen) atoms. The molecule has 1 fully saturated rings. The van der Waals surface area contributed by atoms with E-state index in [4.69, 9.17) is 4.74 Å². The molecule has 2 amide bonds. The number of rotatable bonds is 8. The molecule has 1 heterocycles. The van der Waals surface area contributed by atoms with E-state index in [9.17, 15) is 9.59 Å². The first-order valence-electron chi connectivity index (χ1n) is 8.78. The van der Waals surface area contributed by atoms with Gasteiger partial charge in [-0.25, -0.2) is 0 Å². The number of carbonyl (C=O) groups is 2. The van der Waals surface area contributed by atoms with E-state index in [2.05, 4.69) is 5.32 Å². The van der Waals surface area contributed by atoms with Gasteiger partial charge in [0.2, 0.25) is 11.8 Å². The first kappa shape index (κ1) is 19.6. The molecule has 1 aromatic carbocycles. The summed E-state index contributed by atoms with van der Waals surface area (Å²) in [5.74, 6) is 2.06. The minimum atomic E-state index is 0.0652. The van der Waals surface area contributed by atoms with Gasteiger partial charge in [-0.1, -0.05) is 12.1 Å². The fraction of sp³-hybridized carbons (Fsp3) is 0.579. The number of hydrogen-bond donors (Lipinski definition) is 1. The van der Waals surface area contributed by atoms with Crippen molar-refractivity contribution in [1.82, 2.24) is 10.2 Å². The Bertz CT molecular complexity index is 580. The summed E-state index contributed by atoms with van der Waals surface area (Å²) >= 11 is 1.57. The second-order valence-corrected chi connectivity index (χ2v) is 7.31. The van der Waals surface area contributed by atoms with Gasteiger partial charge in [-0.2, -0.15) is 11.8 Å². The van der Waals surface area contributed by atoms with Crippen molar-refractivity contribution in [3.63, 3.8) is 0 Å². The van der Waals surface area contributed by atoms with Gasteiger partial charge in [0.1, 0.15) is 5.75 Å². The summed E-state index contributed by atoms with van der Waals surface area (Å²) < 4.78 is 5.19. The van der Waals surface area contributed by atoms with Crippen LogP contribution in [0.25, 0.3) is 0 Å². The number of piperidine rings is 1. The molecule has 138 valence electrons. The van der Waals surface area contributed by atoms with E-state index in [1.807, 2.05) is 35.4 Å². The summed E-state index contributed by atoms with van der Waals surface area (Å²) in [5, 5.41) is 2.97. The smallest absolute Gasteiger partial charge is 0.232 e. The van der Waals surface area contributed by atoms with Crippen LogP contribution in [0.3, 0.4) is 0 Å². The van der Waals surface area contributed by atoms with Crippen LogP contribution in [0.2, 0.25) is 0 Å². The average Bonchev–Trinajstić information content (AvgIpc) is 2.65. The molecule has 1 aliphatic rings. The van der Waals surface area contributed by atoms with Crippen molar-refractivity contribution in [2.45, 2.75) is 32.2 Å². The molecule has 1 N–H and O–H groups in total. The number of amides is 2. The standard InChI is InChI=1S/C19H28N2O3S/c1-24-17-7-3-5-16(11-17)12-20-18(22)9-8-15-6-4-10-21(13-15)19(23)14-25-2/h3,5,7,11,15H,4,6,8-10,12-14H2,1-2H3,(H,20,22)/t15-/m1/s1. The van der Waals surface area contributed by atoms with E-state index in [1.165, 1.54) is 0 Å². The molecule has 0 aliphatic carbocycles. The average molecular weight is 365 g/mol. The third-order valence-corrected chi connectivity index (χ3v) is 5.08.